The molecular weight excluding hydrogens is 269 g/mol. The standard InChI is InChI=1S/C10H9F3N2O2S/c1-2-3-18(16,17)9-4-7(10(11,12)13)6-15-8(9)5-14/h4,6H,2-3H2,1H3. The van der Waals surface area contributed by atoms with Gasteiger partial charge in [0.15, 0.2) is 15.5 Å². The Morgan fingerprint density at radius 2 is 2.06 bits per heavy atom. The first-order chi connectivity index (χ1) is 8.22. The fraction of sp³-hybridized carbons (Fsp3) is 0.400. The van der Waals surface area contributed by atoms with Crippen molar-refractivity contribution in [3.8, 4) is 6.07 Å². The number of alkyl halides is 3. The maximum absolute atomic E-state index is 12.5. The lowest BCUT2D eigenvalue weighted by Gasteiger charge is -2.09. The van der Waals surface area contributed by atoms with Crippen LogP contribution in [0, 0.1) is 11.3 Å². The van der Waals surface area contributed by atoms with Crippen molar-refractivity contribution in [3.05, 3.63) is 23.5 Å². The van der Waals surface area contributed by atoms with E-state index >= 15 is 0 Å². The molecule has 0 aliphatic carbocycles. The summed E-state index contributed by atoms with van der Waals surface area (Å²) in [5, 5.41) is 8.69. The summed E-state index contributed by atoms with van der Waals surface area (Å²) in [5.74, 6) is -0.329. The molecule has 0 amide bonds. The van der Waals surface area contributed by atoms with Crippen molar-refractivity contribution in [1.29, 1.82) is 5.26 Å². The summed E-state index contributed by atoms with van der Waals surface area (Å²) >= 11 is 0. The van der Waals surface area contributed by atoms with Crippen LogP contribution in [0.15, 0.2) is 17.2 Å². The van der Waals surface area contributed by atoms with Crippen molar-refractivity contribution in [2.45, 2.75) is 24.4 Å². The minimum Gasteiger partial charge on any atom is -0.244 e. The molecule has 0 atom stereocenters. The molecule has 0 aliphatic rings. The smallest absolute Gasteiger partial charge is 0.244 e. The van der Waals surface area contributed by atoms with Gasteiger partial charge in [-0.05, 0) is 12.5 Å². The van der Waals surface area contributed by atoms with Gasteiger partial charge in [-0.15, -0.1) is 0 Å². The molecule has 0 aromatic carbocycles. The molecule has 1 heterocycles. The summed E-state index contributed by atoms with van der Waals surface area (Å²) in [6.07, 6.45) is -4.01. The normalized spacial score (nSPS) is 12.2. The highest BCUT2D eigenvalue weighted by atomic mass is 32.2. The summed E-state index contributed by atoms with van der Waals surface area (Å²) in [7, 11) is -3.92. The summed E-state index contributed by atoms with van der Waals surface area (Å²) in [6, 6.07) is 1.94. The van der Waals surface area contributed by atoms with Gasteiger partial charge in [-0.25, -0.2) is 13.4 Å². The van der Waals surface area contributed by atoms with Gasteiger partial charge in [0.05, 0.1) is 11.3 Å². The van der Waals surface area contributed by atoms with Crippen LogP contribution >= 0.6 is 0 Å². The number of nitriles is 1. The zero-order valence-corrected chi connectivity index (χ0v) is 10.1. The first kappa shape index (κ1) is 14.4. The minimum atomic E-state index is -4.70. The molecule has 0 unspecified atom stereocenters. The van der Waals surface area contributed by atoms with E-state index in [1.54, 1.807) is 6.92 Å². The molecule has 4 nitrogen and oxygen atoms in total. The third-order valence-corrected chi connectivity index (χ3v) is 4.02. The Morgan fingerprint density at radius 1 is 1.44 bits per heavy atom. The number of hydrogen-bond donors (Lipinski definition) is 0. The average Bonchev–Trinajstić information content (AvgIpc) is 2.27. The van der Waals surface area contributed by atoms with Crippen LogP contribution in [0.25, 0.3) is 0 Å². The minimum absolute atomic E-state index is 0.240. The molecule has 1 aromatic heterocycles. The summed E-state index contributed by atoms with van der Waals surface area (Å²) < 4.78 is 60.8. The first-order valence-electron chi connectivity index (χ1n) is 4.92. The molecule has 0 saturated carbocycles. The van der Waals surface area contributed by atoms with Crippen LogP contribution in [0.1, 0.15) is 24.6 Å². The van der Waals surface area contributed by atoms with Crippen LogP contribution in [-0.2, 0) is 16.0 Å². The Morgan fingerprint density at radius 3 is 2.50 bits per heavy atom. The van der Waals surface area contributed by atoms with Crippen molar-refractivity contribution in [1.82, 2.24) is 4.98 Å². The molecule has 18 heavy (non-hydrogen) atoms. The molecule has 0 aliphatic heterocycles. The molecular formula is C10H9F3N2O2S. The predicted molar refractivity (Wildman–Crippen MR) is 56.3 cm³/mol. The molecule has 0 bridgehead atoms. The highest BCUT2D eigenvalue weighted by Gasteiger charge is 2.33. The third kappa shape index (κ3) is 2.98. The van der Waals surface area contributed by atoms with E-state index in [1.807, 2.05) is 0 Å². The van der Waals surface area contributed by atoms with Crippen LogP contribution < -0.4 is 0 Å². The van der Waals surface area contributed by atoms with Gasteiger partial charge in [0.1, 0.15) is 11.0 Å². The second-order valence-corrected chi connectivity index (χ2v) is 5.58. The Balaban J connectivity index is 3.47. The second-order valence-electron chi connectivity index (χ2n) is 3.50. The number of rotatable bonds is 3. The van der Waals surface area contributed by atoms with Gasteiger partial charge in [0.2, 0.25) is 0 Å². The van der Waals surface area contributed by atoms with Gasteiger partial charge in [-0.3, -0.25) is 0 Å². The van der Waals surface area contributed by atoms with Crippen molar-refractivity contribution in [2.24, 2.45) is 0 Å². The molecule has 0 fully saturated rings. The number of aromatic nitrogens is 1. The molecule has 8 heteroatoms. The topological polar surface area (TPSA) is 70.8 Å². The summed E-state index contributed by atoms with van der Waals surface area (Å²) in [5.41, 5.74) is -1.70. The highest BCUT2D eigenvalue weighted by molar-refractivity contribution is 7.91. The van der Waals surface area contributed by atoms with E-state index in [1.165, 1.54) is 6.07 Å². The lowest BCUT2D eigenvalue weighted by atomic mass is 10.2. The number of nitrogens with zero attached hydrogens (tertiary/aromatic N) is 2. The van der Waals surface area contributed by atoms with Crippen molar-refractivity contribution >= 4 is 9.84 Å². The van der Waals surface area contributed by atoms with Gasteiger partial charge in [-0.2, -0.15) is 18.4 Å². The second kappa shape index (κ2) is 4.94. The summed E-state index contributed by atoms with van der Waals surface area (Å²) in [6.45, 7) is 1.57. The van der Waals surface area contributed by atoms with Crippen LogP contribution in [0.2, 0.25) is 0 Å². The van der Waals surface area contributed by atoms with Crippen LogP contribution in [-0.4, -0.2) is 19.2 Å². The van der Waals surface area contributed by atoms with Crippen LogP contribution in [0.5, 0.6) is 0 Å². The maximum atomic E-state index is 12.5. The van der Waals surface area contributed by atoms with E-state index in [4.69, 9.17) is 5.26 Å². The van der Waals surface area contributed by atoms with E-state index in [2.05, 4.69) is 4.98 Å². The predicted octanol–water partition coefficient (Wildman–Crippen LogP) is 2.16. The number of pyridine rings is 1. The van der Waals surface area contributed by atoms with E-state index < -0.39 is 32.2 Å². The van der Waals surface area contributed by atoms with E-state index in [-0.39, 0.29) is 12.2 Å². The monoisotopic (exact) mass is 278 g/mol. The lowest BCUT2D eigenvalue weighted by molar-refractivity contribution is -0.138. The van der Waals surface area contributed by atoms with E-state index in [0.29, 0.717) is 12.3 Å². The Kier molecular flexibility index (Phi) is 3.96. The number of hydrogen-bond acceptors (Lipinski definition) is 4. The average molecular weight is 278 g/mol. The Labute approximate surface area is 102 Å². The zero-order chi connectivity index (χ0) is 14.0. The molecule has 0 saturated heterocycles. The van der Waals surface area contributed by atoms with Gasteiger partial charge >= 0.3 is 6.18 Å². The molecule has 1 aromatic rings. The SMILES string of the molecule is CCCS(=O)(=O)c1cc(C(F)(F)F)cnc1C#N. The molecule has 98 valence electrons. The molecule has 1 rings (SSSR count). The summed E-state index contributed by atoms with van der Waals surface area (Å²) in [4.78, 5) is 2.59. The van der Waals surface area contributed by atoms with Gasteiger partial charge in [0.25, 0.3) is 0 Å². The molecule has 0 radical (unpaired) electrons. The fourth-order valence-electron chi connectivity index (χ4n) is 1.30. The van der Waals surface area contributed by atoms with Gasteiger partial charge in [0, 0.05) is 6.20 Å². The first-order valence-corrected chi connectivity index (χ1v) is 6.57. The Bertz CT molecular complexity index is 588. The zero-order valence-electron chi connectivity index (χ0n) is 9.32. The molecule has 0 N–H and O–H groups in total. The van der Waals surface area contributed by atoms with Crippen molar-refractivity contribution in [3.63, 3.8) is 0 Å². The fourth-order valence-corrected chi connectivity index (χ4v) is 2.76. The van der Waals surface area contributed by atoms with E-state index in [9.17, 15) is 21.6 Å². The van der Waals surface area contributed by atoms with Crippen molar-refractivity contribution < 1.29 is 21.6 Å². The number of halogens is 3. The largest absolute Gasteiger partial charge is 0.417 e. The molecule has 0 spiro atoms. The lowest BCUT2D eigenvalue weighted by Crippen LogP contribution is -2.13. The van der Waals surface area contributed by atoms with Crippen LogP contribution in [0.4, 0.5) is 13.2 Å². The number of sulfone groups is 1. The Hall–Kier alpha value is -1.62. The van der Waals surface area contributed by atoms with Crippen molar-refractivity contribution in [2.75, 3.05) is 5.75 Å². The van der Waals surface area contributed by atoms with Gasteiger partial charge < -0.3 is 0 Å². The van der Waals surface area contributed by atoms with Gasteiger partial charge in [-0.1, -0.05) is 6.92 Å². The third-order valence-electron chi connectivity index (χ3n) is 2.09. The quantitative estimate of drug-likeness (QED) is 0.849. The van der Waals surface area contributed by atoms with Crippen LogP contribution in [0.3, 0.4) is 0 Å². The highest BCUT2D eigenvalue weighted by Crippen LogP contribution is 2.31. The maximum Gasteiger partial charge on any atom is 0.417 e. The van der Waals surface area contributed by atoms with E-state index in [0.717, 1.165) is 0 Å².